The first kappa shape index (κ1) is 15.3. The minimum absolute atomic E-state index is 0.0402. The fraction of sp³-hybridized carbons (Fsp3) is 0.467. The van der Waals surface area contributed by atoms with E-state index in [0.717, 1.165) is 17.9 Å². The summed E-state index contributed by atoms with van der Waals surface area (Å²) in [6.45, 7) is 6.72. The summed E-state index contributed by atoms with van der Waals surface area (Å²) >= 11 is 0. The van der Waals surface area contributed by atoms with Crippen LogP contribution in [0.1, 0.15) is 32.9 Å². The zero-order valence-corrected chi connectivity index (χ0v) is 12.9. The first-order valence-electron chi connectivity index (χ1n) is 6.98. The first-order valence-corrected chi connectivity index (χ1v) is 6.98. The molecule has 0 spiro atoms. The minimum atomic E-state index is -0.370. The summed E-state index contributed by atoms with van der Waals surface area (Å²) in [5.41, 5.74) is 0.932. The third kappa shape index (κ3) is 3.52. The van der Waals surface area contributed by atoms with Gasteiger partial charge in [-0.2, -0.15) is 0 Å². The summed E-state index contributed by atoms with van der Waals surface area (Å²) in [7, 11) is 1.62. The van der Waals surface area contributed by atoms with E-state index in [1.165, 1.54) is 0 Å². The number of hydrogen-bond donors (Lipinski definition) is 2. The Kier molecular flexibility index (Phi) is 4.47. The highest BCUT2D eigenvalue weighted by molar-refractivity contribution is 5.31. The summed E-state index contributed by atoms with van der Waals surface area (Å²) in [4.78, 5) is 11.9. The Labute approximate surface area is 123 Å². The first-order chi connectivity index (χ1) is 9.96. The van der Waals surface area contributed by atoms with Crippen molar-refractivity contribution in [1.29, 1.82) is 0 Å². The second-order valence-corrected chi connectivity index (χ2v) is 5.55. The van der Waals surface area contributed by atoms with Gasteiger partial charge in [0.2, 0.25) is 5.69 Å². The second-order valence-electron chi connectivity index (χ2n) is 5.55. The number of hydrogen-bond acceptors (Lipinski definition) is 4. The zero-order valence-electron chi connectivity index (χ0n) is 12.9. The van der Waals surface area contributed by atoms with Gasteiger partial charge in [0.25, 0.3) is 0 Å². The van der Waals surface area contributed by atoms with Gasteiger partial charge in [-0.05, 0) is 42.4 Å². The summed E-state index contributed by atoms with van der Waals surface area (Å²) in [6.07, 6.45) is 0.964. The number of aromatic nitrogens is 2. The molecule has 1 aromatic carbocycles. The Bertz CT molecular complexity index is 641. The van der Waals surface area contributed by atoms with Gasteiger partial charge >= 0.3 is 11.3 Å². The van der Waals surface area contributed by atoms with E-state index in [0.29, 0.717) is 12.2 Å². The highest BCUT2D eigenvalue weighted by Gasteiger charge is 2.25. The lowest BCUT2D eigenvalue weighted by atomic mass is 10.0. The number of aromatic amines is 1. The van der Waals surface area contributed by atoms with Gasteiger partial charge in [-0.1, -0.05) is 6.92 Å². The van der Waals surface area contributed by atoms with Crippen molar-refractivity contribution in [2.24, 2.45) is 0 Å². The second kappa shape index (κ2) is 6.13. The van der Waals surface area contributed by atoms with E-state index in [-0.39, 0.29) is 11.2 Å². The van der Waals surface area contributed by atoms with Crippen LogP contribution in [0.25, 0.3) is 5.69 Å². The van der Waals surface area contributed by atoms with Crippen molar-refractivity contribution in [2.45, 2.75) is 39.3 Å². The molecule has 1 heterocycles. The Morgan fingerprint density at radius 1 is 1.33 bits per heavy atom. The van der Waals surface area contributed by atoms with Crippen LogP contribution in [0.15, 0.2) is 33.6 Å². The molecule has 0 saturated carbocycles. The van der Waals surface area contributed by atoms with Gasteiger partial charge in [-0.15, -0.1) is 0 Å². The number of nitrogens with one attached hydrogen (secondary N) is 2. The van der Waals surface area contributed by atoms with Crippen LogP contribution in [-0.2, 0) is 6.54 Å². The lowest BCUT2D eigenvalue weighted by Crippen LogP contribution is -2.45. The average Bonchev–Trinajstić information content (AvgIpc) is 2.86. The molecule has 2 rings (SSSR count). The SMILES string of the molecule is CCC(C)(C)NCc1c(=O)o[nH][n+]1-c1ccc(OC)cc1. The standard InChI is InChI=1S/C15H21N3O3/c1-5-15(2,3)16-10-13-14(19)21-17-18(13)11-6-8-12(20-4)9-7-11/h6-9,16H,5,10H2,1-4H3/p+1. The van der Waals surface area contributed by atoms with Gasteiger partial charge in [0, 0.05) is 17.7 Å². The molecule has 0 saturated heterocycles. The van der Waals surface area contributed by atoms with E-state index < -0.39 is 0 Å². The summed E-state index contributed by atoms with van der Waals surface area (Å²) in [6, 6.07) is 7.39. The van der Waals surface area contributed by atoms with Crippen LogP contribution in [0, 0.1) is 0 Å². The van der Waals surface area contributed by atoms with Gasteiger partial charge in [0.15, 0.2) is 0 Å². The van der Waals surface area contributed by atoms with Crippen LogP contribution in [0.2, 0.25) is 0 Å². The number of rotatable bonds is 6. The van der Waals surface area contributed by atoms with Gasteiger partial charge in [-0.25, -0.2) is 4.79 Å². The van der Waals surface area contributed by atoms with E-state index >= 15 is 0 Å². The summed E-state index contributed by atoms with van der Waals surface area (Å²) < 4.78 is 11.7. The van der Waals surface area contributed by atoms with E-state index in [1.807, 2.05) is 24.3 Å². The van der Waals surface area contributed by atoms with Gasteiger partial charge < -0.3 is 10.1 Å². The number of ether oxygens (including phenoxy) is 1. The Balaban J connectivity index is 2.27. The van der Waals surface area contributed by atoms with E-state index in [9.17, 15) is 4.79 Å². The monoisotopic (exact) mass is 292 g/mol. The van der Waals surface area contributed by atoms with Gasteiger partial charge in [0.05, 0.1) is 13.7 Å². The number of methoxy groups -OCH3 is 1. The van der Waals surface area contributed by atoms with Crippen LogP contribution >= 0.6 is 0 Å². The molecule has 0 amide bonds. The maximum atomic E-state index is 11.9. The molecule has 0 bridgehead atoms. The molecular formula is C15H22N3O3+. The zero-order chi connectivity index (χ0) is 15.5. The largest absolute Gasteiger partial charge is 0.497 e. The van der Waals surface area contributed by atoms with Crippen LogP contribution in [0.5, 0.6) is 5.75 Å². The van der Waals surface area contributed by atoms with Crippen molar-refractivity contribution < 1.29 is 13.9 Å². The molecule has 0 aliphatic heterocycles. The molecule has 0 fully saturated rings. The molecule has 0 aliphatic rings. The number of nitrogens with zero attached hydrogens (tertiary/aromatic N) is 1. The molecule has 114 valence electrons. The van der Waals surface area contributed by atoms with Crippen molar-refractivity contribution in [1.82, 2.24) is 10.6 Å². The lowest BCUT2D eigenvalue weighted by Gasteiger charge is -2.22. The molecule has 0 atom stereocenters. The Hall–Kier alpha value is -2.08. The molecular weight excluding hydrogens is 270 g/mol. The van der Waals surface area contributed by atoms with Crippen LogP contribution < -0.4 is 20.4 Å². The fourth-order valence-corrected chi connectivity index (χ4v) is 1.83. The molecule has 6 heteroatoms. The highest BCUT2D eigenvalue weighted by Crippen LogP contribution is 2.11. The Morgan fingerprint density at radius 3 is 2.57 bits per heavy atom. The van der Waals surface area contributed by atoms with E-state index in [2.05, 4.69) is 31.4 Å². The van der Waals surface area contributed by atoms with Crippen molar-refractivity contribution >= 4 is 0 Å². The maximum Gasteiger partial charge on any atom is 0.431 e. The van der Waals surface area contributed by atoms with Gasteiger partial charge in [0.1, 0.15) is 5.75 Å². The molecule has 1 aromatic heterocycles. The predicted molar refractivity (Wildman–Crippen MR) is 78.6 cm³/mol. The molecule has 2 N–H and O–H groups in total. The average molecular weight is 292 g/mol. The van der Waals surface area contributed by atoms with Crippen LogP contribution in [-0.4, -0.2) is 17.9 Å². The molecule has 21 heavy (non-hydrogen) atoms. The third-order valence-electron chi connectivity index (χ3n) is 3.68. The van der Waals surface area contributed by atoms with E-state index in [1.54, 1.807) is 11.8 Å². The molecule has 0 radical (unpaired) electrons. The molecule has 2 aromatic rings. The van der Waals surface area contributed by atoms with E-state index in [4.69, 9.17) is 9.26 Å². The van der Waals surface area contributed by atoms with Gasteiger partial charge in [-0.3, -0.25) is 4.52 Å². The number of benzene rings is 1. The van der Waals surface area contributed by atoms with Crippen molar-refractivity contribution in [3.8, 4) is 11.4 Å². The lowest BCUT2D eigenvalue weighted by molar-refractivity contribution is -0.677. The molecule has 0 unspecified atom stereocenters. The van der Waals surface area contributed by atoms with Crippen molar-refractivity contribution in [2.75, 3.05) is 7.11 Å². The molecule has 0 aliphatic carbocycles. The summed E-state index contributed by atoms with van der Waals surface area (Å²) in [5.74, 6) is 0.761. The predicted octanol–water partition coefficient (Wildman–Crippen LogP) is 1.53. The highest BCUT2D eigenvalue weighted by atomic mass is 16.5. The van der Waals surface area contributed by atoms with Crippen molar-refractivity contribution in [3.05, 3.63) is 40.4 Å². The normalized spacial score (nSPS) is 11.6. The Morgan fingerprint density at radius 2 is 2.00 bits per heavy atom. The quantitative estimate of drug-likeness (QED) is 0.792. The van der Waals surface area contributed by atoms with Crippen molar-refractivity contribution in [3.63, 3.8) is 0 Å². The van der Waals surface area contributed by atoms with Crippen LogP contribution in [0.3, 0.4) is 0 Å². The molecule has 6 nitrogen and oxygen atoms in total. The fourth-order valence-electron chi connectivity index (χ4n) is 1.83. The number of H-pyrrole nitrogens is 1. The smallest absolute Gasteiger partial charge is 0.431 e. The topological polar surface area (TPSA) is 71.1 Å². The minimum Gasteiger partial charge on any atom is -0.497 e. The maximum absolute atomic E-state index is 11.9. The van der Waals surface area contributed by atoms with Crippen LogP contribution in [0.4, 0.5) is 0 Å². The third-order valence-corrected chi connectivity index (χ3v) is 3.68. The summed E-state index contributed by atoms with van der Waals surface area (Å²) in [5, 5.41) is 5.99.